The van der Waals surface area contributed by atoms with Gasteiger partial charge in [0.1, 0.15) is 11.6 Å². The predicted octanol–water partition coefficient (Wildman–Crippen LogP) is 3.48. The molecule has 0 fully saturated rings. The van der Waals surface area contributed by atoms with Crippen molar-refractivity contribution in [1.82, 2.24) is 19.9 Å². The van der Waals surface area contributed by atoms with E-state index in [1.54, 1.807) is 7.11 Å². The van der Waals surface area contributed by atoms with Gasteiger partial charge in [0.15, 0.2) is 0 Å². The van der Waals surface area contributed by atoms with Crippen molar-refractivity contribution in [2.75, 3.05) is 13.7 Å². The van der Waals surface area contributed by atoms with E-state index in [-0.39, 0.29) is 0 Å². The first kappa shape index (κ1) is 16.1. The van der Waals surface area contributed by atoms with Crippen LogP contribution in [0.1, 0.15) is 36.0 Å². The van der Waals surface area contributed by atoms with Crippen molar-refractivity contribution in [2.45, 2.75) is 39.3 Å². The van der Waals surface area contributed by atoms with E-state index < -0.39 is 0 Å². The Bertz CT molecular complexity index is 887. The number of benzene rings is 1. The van der Waals surface area contributed by atoms with Crippen LogP contribution in [0.25, 0.3) is 10.9 Å². The summed E-state index contributed by atoms with van der Waals surface area (Å²) in [5.41, 5.74) is 4.96. The normalized spacial score (nSPS) is 14.6. The number of H-pyrrole nitrogens is 1. The number of aromatic amines is 1. The highest BCUT2D eigenvalue weighted by molar-refractivity contribution is 5.84. The van der Waals surface area contributed by atoms with Crippen molar-refractivity contribution in [3.05, 3.63) is 53.2 Å². The number of ether oxygens (including phenoxy) is 1. The van der Waals surface area contributed by atoms with E-state index in [1.807, 2.05) is 12.3 Å². The van der Waals surface area contributed by atoms with Crippen LogP contribution in [0.5, 0.6) is 5.75 Å². The maximum atomic E-state index is 5.37. The van der Waals surface area contributed by atoms with Gasteiger partial charge in [-0.05, 0) is 30.2 Å². The molecule has 0 unspecified atom stereocenters. The van der Waals surface area contributed by atoms with Crippen LogP contribution in [0.3, 0.4) is 0 Å². The van der Waals surface area contributed by atoms with Crippen molar-refractivity contribution < 1.29 is 4.74 Å². The number of fused-ring (bicyclic) bond motifs is 2. The molecule has 3 aromatic rings. The quantitative estimate of drug-likeness (QED) is 0.775. The molecule has 4 rings (SSSR count). The van der Waals surface area contributed by atoms with E-state index in [0.717, 1.165) is 56.0 Å². The smallest absolute Gasteiger partial charge is 0.128 e. The third-order valence-electron chi connectivity index (χ3n) is 4.91. The molecule has 1 aromatic carbocycles. The van der Waals surface area contributed by atoms with Crippen LogP contribution in [0.15, 0.2) is 30.6 Å². The molecule has 3 heterocycles. The molecule has 5 heteroatoms. The summed E-state index contributed by atoms with van der Waals surface area (Å²) < 4.78 is 5.37. The zero-order chi connectivity index (χ0) is 17.2. The van der Waals surface area contributed by atoms with Crippen molar-refractivity contribution in [1.29, 1.82) is 0 Å². The number of hydrogen-bond donors (Lipinski definition) is 1. The highest BCUT2D eigenvalue weighted by Crippen LogP contribution is 2.26. The first-order valence-corrected chi connectivity index (χ1v) is 8.97. The van der Waals surface area contributed by atoms with Gasteiger partial charge < -0.3 is 9.72 Å². The fourth-order valence-electron chi connectivity index (χ4n) is 3.55. The number of aromatic nitrogens is 3. The van der Waals surface area contributed by atoms with E-state index in [0.29, 0.717) is 0 Å². The van der Waals surface area contributed by atoms with E-state index in [4.69, 9.17) is 9.72 Å². The van der Waals surface area contributed by atoms with E-state index in [2.05, 4.69) is 40.1 Å². The maximum Gasteiger partial charge on any atom is 0.128 e. The molecule has 0 aliphatic carbocycles. The van der Waals surface area contributed by atoms with Crippen LogP contribution in [0.4, 0.5) is 0 Å². The van der Waals surface area contributed by atoms with Gasteiger partial charge in [-0.15, -0.1) is 0 Å². The van der Waals surface area contributed by atoms with Crippen LogP contribution >= 0.6 is 0 Å². The summed E-state index contributed by atoms with van der Waals surface area (Å²) in [4.78, 5) is 15.1. The Morgan fingerprint density at radius 2 is 2.24 bits per heavy atom. The van der Waals surface area contributed by atoms with Crippen LogP contribution in [-0.2, 0) is 25.9 Å². The van der Waals surface area contributed by atoms with E-state index in [1.165, 1.54) is 22.2 Å². The SMILES string of the molecule is CCCc1ncc2c(n1)CCN(Cc1c[nH]c3ccc(OC)cc13)C2. The fraction of sp³-hybridized carbons (Fsp3) is 0.400. The molecule has 0 saturated carbocycles. The molecule has 0 bridgehead atoms. The van der Waals surface area contributed by atoms with Crippen LogP contribution in [0, 0.1) is 0 Å². The zero-order valence-corrected chi connectivity index (χ0v) is 14.9. The second-order valence-corrected chi connectivity index (χ2v) is 6.69. The summed E-state index contributed by atoms with van der Waals surface area (Å²) >= 11 is 0. The molecule has 25 heavy (non-hydrogen) atoms. The lowest BCUT2D eigenvalue weighted by atomic mass is 10.1. The molecular formula is C20H24N4O. The summed E-state index contributed by atoms with van der Waals surface area (Å²) in [5, 5.41) is 1.24. The van der Waals surface area contributed by atoms with Gasteiger partial charge in [0.2, 0.25) is 0 Å². The van der Waals surface area contributed by atoms with Crippen molar-refractivity contribution in [3.8, 4) is 5.75 Å². The minimum absolute atomic E-state index is 0.897. The Kier molecular flexibility index (Phi) is 4.40. The molecule has 0 radical (unpaired) electrons. The highest BCUT2D eigenvalue weighted by Gasteiger charge is 2.19. The standard InChI is InChI=1S/C20H24N4O/c1-3-4-20-22-11-15-13-24(8-7-18(15)23-20)12-14-10-21-19-6-5-16(25-2)9-17(14)19/h5-6,9-11,21H,3-4,7-8,12-13H2,1-2H3. The summed E-state index contributed by atoms with van der Waals surface area (Å²) in [5.74, 6) is 1.88. The molecule has 0 atom stereocenters. The Labute approximate surface area is 148 Å². The zero-order valence-electron chi connectivity index (χ0n) is 14.9. The number of methoxy groups -OCH3 is 1. The number of aryl methyl sites for hydroxylation is 1. The summed E-state index contributed by atoms with van der Waals surface area (Å²) in [6.45, 7) is 5.04. The number of rotatable bonds is 5. The second kappa shape index (κ2) is 6.84. The molecule has 0 saturated heterocycles. The lowest BCUT2D eigenvalue weighted by molar-refractivity contribution is 0.243. The van der Waals surface area contributed by atoms with Crippen LogP contribution < -0.4 is 4.74 Å². The summed E-state index contributed by atoms with van der Waals surface area (Å²) in [6.07, 6.45) is 7.20. The van der Waals surface area contributed by atoms with Crippen LogP contribution in [-0.4, -0.2) is 33.5 Å². The maximum absolute atomic E-state index is 5.37. The first-order valence-electron chi connectivity index (χ1n) is 8.97. The van der Waals surface area contributed by atoms with Crippen molar-refractivity contribution >= 4 is 10.9 Å². The highest BCUT2D eigenvalue weighted by atomic mass is 16.5. The minimum atomic E-state index is 0.897. The van der Waals surface area contributed by atoms with Crippen molar-refractivity contribution in [3.63, 3.8) is 0 Å². The average molecular weight is 336 g/mol. The molecule has 0 spiro atoms. The number of nitrogens with one attached hydrogen (secondary N) is 1. The summed E-state index contributed by atoms with van der Waals surface area (Å²) in [6, 6.07) is 6.18. The van der Waals surface area contributed by atoms with Crippen molar-refractivity contribution in [2.24, 2.45) is 0 Å². The summed E-state index contributed by atoms with van der Waals surface area (Å²) in [7, 11) is 1.71. The topological polar surface area (TPSA) is 54.0 Å². The third-order valence-corrected chi connectivity index (χ3v) is 4.91. The minimum Gasteiger partial charge on any atom is -0.497 e. The largest absolute Gasteiger partial charge is 0.497 e. The molecule has 1 aliphatic heterocycles. The average Bonchev–Trinajstić information content (AvgIpc) is 3.04. The fourth-order valence-corrected chi connectivity index (χ4v) is 3.55. The molecule has 1 aliphatic rings. The molecule has 5 nitrogen and oxygen atoms in total. The Hall–Kier alpha value is -2.40. The van der Waals surface area contributed by atoms with Gasteiger partial charge in [-0.1, -0.05) is 6.92 Å². The van der Waals surface area contributed by atoms with Gasteiger partial charge in [0.25, 0.3) is 0 Å². The molecule has 1 N–H and O–H groups in total. The lowest BCUT2D eigenvalue weighted by Gasteiger charge is -2.27. The Morgan fingerprint density at radius 1 is 1.32 bits per heavy atom. The van der Waals surface area contributed by atoms with Gasteiger partial charge in [0, 0.05) is 67.0 Å². The van der Waals surface area contributed by atoms with Gasteiger partial charge in [-0.2, -0.15) is 0 Å². The monoisotopic (exact) mass is 336 g/mol. The number of hydrogen-bond acceptors (Lipinski definition) is 4. The number of nitrogens with zero attached hydrogens (tertiary/aromatic N) is 3. The van der Waals surface area contributed by atoms with Gasteiger partial charge in [-0.25, -0.2) is 9.97 Å². The molecule has 130 valence electrons. The third kappa shape index (κ3) is 3.24. The van der Waals surface area contributed by atoms with E-state index >= 15 is 0 Å². The lowest BCUT2D eigenvalue weighted by Crippen LogP contribution is -2.31. The van der Waals surface area contributed by atoms with Crippen LogP contribution in [0.2, 0.25) is 0 Å². The Balaban J connectivity index is 1.53. The van der Waals surface area contributed by atoms with Gasteiger partial charge in [0.05, 0.1) is 7.11 Å². The Morgan fingerprint density at radius 3 is 3.08 bits per heavy atom. The van der Waals surface area contributed by atoms with Gasteiger partial charge in [-0.3, -0.25) is 4.90 Å². The molecular weight excluding hydrogens is 312 g/mol. The molecule has 2 aromatic heterocycles. The molecule has 0 amide bonds. The van der Waals surface area contributed by atoms with E-state index in [9.17, 15) is 0 Å². The first-order chi connectivity index (χ1) is 12.3. The second-order valence-electron chi connectivity index (χ2n) is 6.69. The van der Waals surface area contributed by atoms with Gasteiger partial charge >= 0.3 is 0 Å². The predicted molar refractivity (Wildman–Crippen MR) is 98.7 cm³/mol.